The quantitative estimate of drug-likeness (QED) is 0.426. The molecule has 1 aliphatic rings. The molecule has 0 atom stereocenters. The lowest BCUT2D eigenvalue weighted by molar-refractivity contribution is 0.541. The van der Waals surface area contributed by atoms with Crippen LogP contribution in [0, 0.1) is 0 Å². The van der Waals surface area contributed by atoms with Gasteiger partial charge in [0.25, 0.3) is 0 Å². The van der Waals surface area contributed by atoms with Gasteiger partial charge < -0.3 is 0 Å². The number of hydrogen-bond donors (Lipinski definition) is 0. The summed E-state index contributed by atoms with van der Waals surface area (Å²) in [4.78, 5) is 1.61. The minimum absolute atomic E-state index is 0.875. The summed E-state index contributed by atoms with van der Waals surface area (Å²) >= 11 is 0. The Labute approximate surface area is 40.1 Å². The Morgan fingerprint density at radius 3 is 2.71 bits per heavy atom. The predicted octanol–water partition coefficient (Wildman–Crippen LogP) is -0.771. The fourth-order valence-electron chi connectivity index (χ4n) is 0.671. The Hall–Kier alpha value is -0.930. The Morgan fingerprint density at radius 2 is 2.57 bits per heavy atom. The van der Waals surface area contributed by atoms with Crippen molar-refractivity contribution in [2.45, 2.75) is 13.0 Å². The standard InChI is InChI=1S/C3H4N4/c1-2-7-5-3(1)4-6-7/h1-2H2. The number of aryl methyl sites for hydroxylation is 2. The van der Waals surface area contributed by atoms with Gasteiger partial charge in [-0.2, -0.15) is 4.80 Å². The van der Waals surface area contributed by atoms with Gasteiger partial charge in [-0.05, 0) is 5.21 Å². The molecule has 0 amide bonds. The normalized spacial score (nSPS) is 15.4. The Morgan fingerprint density at radius 1 is 1.57 bits per heavy atom. The monoisotopic (exact) mass is 96.0 g/mol. The summed E-state index contributed by atoms with van der Waals surface area (Å²) in [7, 11) is 0. The zero-order chi connectivity index (χ0) is 4.69. The smallest absolute Gasteiger partial charge is 0.164 e. The van der Waals surface area contributed by atoms with E-state index in [9.17, 15) is 0 Å². The van der Waals surface area contributed by atoms with Gasteiger partial charge >= 0.3 is 0 Å². The van der Waals surface area contributed by atoms with E-state index in [0.717, 1.165) is 18.8 Å². The van der Waals surface area contributed by atoms with Crippen LogP contribution in [0.25, 0.3) is 0 Å². The molecule has 4 heteroatoms. The molecule has 0 N–H and O–H groups in total. The number of fused-ring (bicyclic) bond motifs is 2. The van der Waals surface area contributed by atoms with Gasteiger partial charge in [-0.3, -0.25) is 0 Å². The molecule has 2 rings (SSSR count). The average molecular weight is 96.1 g/mol. The Kier molecular flexibility index (Phi) is 0.369. The number of nitrogens with zero attached hydrogens (tertiary/aromatic N) is 4. The SMILES string of the molecule is C1Cn2nnc1n2. The van der Waals surface area contributed by atoms with Crippen LogP contribution in [0.2, 0.25) is 0 Å². The Bertz CT molecular complexity index is 160. The van der Waals surface area contributed by atoms with Crippen molar-refractivity contribution in [3.05, 3.63) is 5.82 Å². The second-order valence-electron chi connectivity index (χ2n) is 1.55. The van der Waals surface area contributed by atoms with Crippen molar-refractivity contribution >= 4 is 0 Å². The minimum atomic E-state index is 0.875. The van der Waals surface area contributed by atoms with Crippen molar-refractivity contribution in [3.8, 4) is 0 Å². The van der Waals surface area contributed by atoms with Crippen LogP contribution in [0.15, 0.2) is 0 Å². The molecule has 2 bridgehead atoms. The van der Waals surface area contributed by atoms with Crippen LogP contribution in [0.4, 0.5) is 0 Å². The van der Waals surface area contributed by atoms with Gasteiger partial charge in [0.2, 0.25) is 0 Å². The molecule has 0 spiro atoms. The van der Waals surface area contributed by atoms with E-state index in [0.29, 0.717) is 0 Å². The van der Waals surface area contributed by atoms with Crippen LogP contribution in [-0.2, 0) is 13.0 Å². The van der Waals surface area contributed by atoms with Crippen molar-refractivity contribution in [3.63, 3.8) is 0 Å². The van der Waals surface area contributed by atoms with Gasteiger partial charge in [0, 0.05) is 6.42 Å². The molecule has 0 radical (unpaired) electrons. The molecule has 2 heterocycles. The van der Waals surface area contributed by atoms with Crippen molar-refractivity contribution < 1.29 is 0 Å². The third kappa shape index (κ3) is 0.280. The first-order valence-electron chi connectivity index (χ1n) is 2.22. The molecule has 0 saturated carbocycles. The zero-order valence-corrected chi connectivity index (χ0v) is 3.70. The van der Waals surface area contributed by atoms with Crippen LogP contribution in [0.5, 0.6) is 0 Å². The van der Waals surface area contributed by atoms with Gasteiger partial charge in [-0.15, -0.1) is 10.2 Å². The highest BCUT2D eigenvalue weighted by Crippen LogP contribution is 1.97. The Balaban J connectivity index is 2.71. The first kappa shape index (κ1) is 3.12. The van der Waals surface area contributed by atoms with Crippen molar-refractivity contribution in [2.24, 2.45) is 0 Å². The van der Waals surface area contributed by atoms with E-state index in [2.05, 4.69) is 15.4 Å². The molecule has 7 heavy (non-hydrogen) atoms. The molecule has 0 aliphatic carbocycles. The summed E-state index contributed by atoms with van der Waals surface area (Å²) in [5, 5.41) is 11.3. The molecule has 1 aromatic heterocycles. The summed E-state index contributed by atoms with van der Waals surface area (Å²) in [5.41, 5.74) is 0. The summed E-state index contributed by atoms with van der Waals surface area (Å²) in [6.07, 6.45) is 0.976. The van der Waals surface area contributed by atoms with Crippen molar-refractivity contribution in [1.82, 2.24) is 20.2 Å². The molecule has 36 valence electrons. The molecule has 1 aliphatic heterocycles. The fourth-order valence-corrected chi connectivity index (χ4v) is 0.671. The number of tetrazole rings is 1. The van der Waals surface area contributed by atoms with Gasteiger partial charge in [0.15, 0.2) is 5.82 Å². The molecular formula is C3H4N4. The first-order chi connectivity index (χ1) is 3.45. The summed E-state index contributed by atoms with van der Waals surface area (Å²) in [5.74, 6) is 0.875. The van der Waals surface area contributed by atoms with Crippen molar-refractivity contribution in [1.29, 1.82) is 0 Å². The topological polar surface area (TPSA) is 43.6 Å². The summed E-state index contributed by atoms with van der Waals surface area (Å²) < 4.78 is 0. The maximum Gasteiger partial charge on any atom is 0.176 e. The predicted molar refractivity (Wildman–Crippen MR) is 21.5 cm³/mol. The van der Waals surface area contributed by atoms with E-state index in [4.69, 9.17) is 0 Å². The third-order valence-corrected chi connectivity index (χ3v) is 1.03. The second kappa shape index (κ2) is 0.828. The molecule has 1 aromatic rings. The third-order valence-electron chi connectivity index (χ3n) is 1.03. The lowest BCUT2D eigenvalue weighted by Crippen LogP contribution is -2.01. The highest BCUT2D eigenvalue weighted by atomic mass is 15.6. The summed E-state index contributed by atoms with van der Waals surface area (Å²) in [6, 6.07) is 0. The van der Waals surface area contributed by atoms with Crippen LogP contribution in [0.3, 0.4) is 0 Å². The summed E-state index contributed by atoms with van der Waals surface area (Å²) in [6.45, 7) is 0.929. The molecule has 0 fully saturated rings. The minimum Gasteiger partial charge on any atom is -0.164 e. The lowest BCUT2D eigenvalue weighted by atomic mass is 10.4. The number of aromatic nitrogens is 4. The van der Waals surface area contributed by atoms with E-state index < -0.39 is 0 Å². The number of rotatable bonds is 0. The second-order valence-corrected chi connectivity index (χ2v) is 1.55. The molecule has 0 saturated heterocycles. The van der Waals surface area contributed by atoms with E-state index in [1.54, 1.807) is 4.80 Å². The van der Waals surface area contributed by atoms with Gasteiger partial charge in [-0.1, -0.05) is 0 Å². The lowest BCUT2D eigenvalue weighted by Gasteiger charge is -1.85. The van der Waals surface area contributed by atoms with Crippen LogP contribution >= 0.6 is 0 Å². The highest BCUT2D eigenvalue weighted by molar-refractivity contribution is 4.80. The maximum absolute atomic E-state index is 3.92. The van der Waals surface area contributed by atoms with Gasteiger partial charge in [-0.25, -0.2) is 0 Å². The highest BCUT2D eigenvalue weighted by Gasteiger charge is 2.09. The van der Waals surface area contributed by atoms with E-state index >= 15 is 0 Å². The fraction of sp³-hybridized carbons (Fsp3) is 0.667. The number of hydrogen-bond acceptors (Lipinski definition) is 3. The molecular weight excluding hydrogens is 92.1 g/mol. The molecule has 0 aromatic carbocycles. The largest absolute Gasteiger partial charge is 0.176 e. The van der Waals surface area contributed by atoms with Crippen LogP contribution in [0.1, 0.15) is 5.82 Å². The average Bonchev–Trinajstić information content (AvgIpc) is 2.22. The molecule has 4 nitrogen and oxygen atoms in total. The van der Waals surface area contributed by atoms with Gasteiger partial charge in [0.05, 0.1) is 6.54 Å². The van der Waals surface area contributed by atoms with Crippen LogP contribution in [-0.4, -0.2) is 20.2 Å². The molecule has 0 unspecified atom stereocenters. The van der Waals surface area contributed by atoms with Crippen LogP contribution < -0.4 is 0 Å². The van der Waals surface area contributed by atoms with E-state index in [1.807, 2.05) is 0 Å². The van der Waals surface area contributed by atoms with E-state index in [-0.39, 0.29) is 0 Å². The van der Waals surface area contributed by atoms with Gasteiger partial charge in [0.1, 0.15) is 0 Å². The van der Waals surface area contributed by atoms with E-state index in [1.165, 1.54) is 0 Å². The first-order valence-corrected chi connectivity index (χ1v) is 2.22. The zero-order valence-electron chi connectivity index (χ0n) is 3.70. The van der Waals surface area contributed by atoms with Crippen molar-refractivity contribution in [2.75, 3.05) is 0 Å². The maximum atomic E-state index is 3.92.